The van der Waals surface area contributed by atoms with Crippen LogP contribution in [-0.2, 0) is 20.9 Å². The zero-order valence-corrected chi connectivity index (χ0v) is 16.9. The van der Waals surface area contributed by atoms with Crippen LogP contribution < -0.4 is 5.32 Å². The maximum atomic E-state index is 12.7. The van der Waals surface area contributed by atoms with Crippen molar-refractivity contribution < 1.29 is 19.4 Å². The van der Waals surface area contributed by atoms with E-state index in [4.69, 9.17) is 4.74 Å². The van der Waals surface area contributed by atoms with E-state index >= 15 is 0 Å². The van der Waals surface area contributed by atoms with Crippen LogP contribution in [-0.4, -0.2) is 68.7 Å². The molecule has 1 aromatic heterocycles. The van der Waals surface area contributed by atoms with Crippen LogP contribution in [0.1, 0.15) is 6.92 Å². The summed E-state index contributed by atoms with van der Waals surface area (Å²) in [6.07, 6.45) is 0. The van der Waals surface area contributed by atoms with Gasteiger partial charge in [0.2, 0.25) is 0 Å². The predicted octanol–water partition coefficient (Wildman–Crippen LogP) is 1.11. The van der Waals surface area contributed by atoms with Crippen LogP contribution in [0.2, 0.25) is 0 Å². The number of rotatable bonds is 6. The van der Waals surface area contributed by atoms with Gasteiger partial charge in [0.25, 0.3) is 5.91 Å². The zero-order valence-electron chi connectivity index (χ0n) is 16.1. The molecule has 1 unspecified atom stereocenters. The fourth-order valence-electron chi connectivity index (χ4n) is 3.46. The number of aliphatic hydroxyl groups is 1. The van der Waals surface area contributed by atoms with Crippen molar-refractivity contribution >= 4 is 29.3 Å². The third-order valence-electron chi connectivity index (χ3n) is 4.81. The minimum absolute atomic E-state index is 0.0981. The summed E-state index contributed by atoms with van der Waals surface area (Å²) in [4.78, 5) is 26.2. The van der Waals surface area contributed by atoms with Crippen LogP contribution in [0.5, 0.6) is 0 Å². The van der Waals surface area contributed by atoms with Gasteiger partial charge in [-0.3, -0.25) is 4.79 Å². The SMILES string of the molecule is COC(=O)C1=C(Nc2cccc(-c3nnc4n3CC(C)S4)c2)C(=O)N(CCO)C1. The van der Waals surface area contributed by atoms with Crippen molar-refractivity contribution in [2.24, 2.45) is 0 Å². The van der Waals surface area contributed by atoms with E-state index in [0.717, 1.165) is 23.1 Å². The number of hydrogen-bond acceptors (Lipinski definition) is 8. The van der Waals surface area contributed by atoms with Gasteiger partial charge < -0.3 is 24.6 Å². The molecule has 4 rings (SSSR count). The molecule has 9 nitrogen and oxygen atoms in total. The van der Waals surface area contributed by atoms with Crippen molar-refractivity contribution in [3.63, 3.8) is 0 Å². The molecule has 0 bridgehead atoms. The summed E-state index contributed by atoms with van der Waals surface area (Å²) in [5.41, 5.74) is 1.92. The minimum atomic E-state index is -0.571. The number of ether oxygens (including phenoxy) is 1. The number of anilines is 1. The topological polar surface area (TPSA) is 110 Å². The lowest BCUT2D eigenvalue weighted by Crippen LogP contribution is -2.31. The Morgan fingerprint density at radius 2 is 2.24 bits per heavy atom. The van der Waals surface area contributed by atoms with Crippen LogP contribution in [0.15, 0.2) is 40.7 Å². The Bertz CT molecular complexity index is 1000. The molecule has 10 heteroatoms. The molecule has 2 aromatic rings. The first-order chi connectivity index (χ1) is 14.0. The lowest BCUT2D eigenvalue weighted by atomic mass is 10.1. The molecular formula is C19H21N5O4S. The van der Waals surface area contributed by atoms with Crippen molar-refractivity contribution in [3.8, 4) is 11.4 Å². The van der Waals surface area contributed by atoms with Crippen LogP contribution in [0, 0.1) is 0 Å². The third-order valence-corrected chi connectivity index (χ3v) is 5.87. The Labute approximate surface area is 171 Å². The molecule has 0 saturated heterocycles. The number of fused-ring (bicyclic) bond motifs is 1. The summed E-state index contributed by atoms with van der Waals surface area (Å²) in [6.45, 7) is 3.04. The molecule has 0 spiro atoms. The standard InChI is InChI=1S/C19H21N5O4S/c1-11-9-24-16(21-22-19(24)29-11)12-4-3-5-13(8-12)20-15-14(18(27)28-2)10-23(6-7-25)17(15)26/h3-5,8,11,20,25H,6-7,9-10H2,1-2H3. The number of esters is 1. The normalized spacial score (nSPS) is 18.4. The van der Waals surface area contributed by atoms with E-state index in [2.05, 4.69) is 27.0 Å². The fourth-order valence-corrected chi connectivity index (χ4v) is 4.42. The summed E-state index contributed by atoms with van der Waals surface area (Å²) < 4.78 is 6.90. The number of nitrogens with one attached hydrogen (secondary N) is 1. The molecule has 152 valence electrons. The highest BCUT2D eigenvalue weighted by molar-refractivity contribution is 7.99. The second kappa shape index (κ2) is 7.88. The van der Waals surface area contributed by atoms with Crippen molar-refractivity contribution in [1.29, 1.82) is 0 Å². The summed E-state index contributed by atoms with van der Waals surface area (Å²) >= 11 is 1.69. The lowest BCUT2D eigenvalue weighted by molar-refractivity contribution is -0.136. The Morgan fingerprint density at radius 3 is 3.00 bits per heavy atom. The van der Waals surface area contributed by atoms with E-state index in [1.807, 2.05) is 24.3 Å². The maximum absolute atomic E-state index is 12.7. The first kappa shape index (κ1) is 19.5. The number of methoxy groups -OCH3 is 1. The summed E-state index contributed by atoms with van der Waals surface area (Å²) in [7, 11) is 1.28. The number of aliphatic hydroxyl groups excluding tert-OH is 1. The number of carbonyl (C=O) groups is 2. The Hall–Kier alpha value is -2.85. The molecule has 1 aromatic carbocycles. The molecule has 0 fully saturated rings. The van der Waals surface area contributed by atoms with E-state index in [0.29, 0.717) is 10.9 Å². The van der Waals surface area contributed by atoms with Crippen LogP contribution >= 0.6 is 11.8 Å². The van der Waals surface area contributed by atoms with E-state index in [9.17, 15) is 14.7 Å². The van der Waals surface area contributed by atoms with E-state index in [1.165, 1.54) is 12.0 Å². The largest absolute Gasteiger partial charge is 0.466 e. The monoisotopic (exact) mass is 415 g/mol. The van der Waals surface area contributed by atoms with Gasteiger partial charge in [0, 0.05) is 29.6 Å². The van der Waals surface area contributed by atoms with Gasteiger partial charge in [-0.15, -0.1) is 10.2 Å². The van der Waals surface area contributed by atoms with Gasteiger partial charge in [0.1, 0.15) is 5.70 Å². The number of hydrogen-bond donors (Lipinski definition) is 2. The smallest absolute Gasteiger partial charge is 0.337 e. The minimum Gasteiger partial charge on any atom is -0.466 e. The second-order valence-electron chi connectivity index (χ2n) is 6.85. The number of β-amino-alcohol motifs (C(OH)–C–C–N with tert-alkyl or cyclic N) is 1. The van der Waals surface area contributed by atoms with Crippen molar-refractivity contribution in [3.05, 3.63) is 35.5 Å². The van der Waals surface area contributed by atoms with E-state index in [1.54, 1.807) is 11.8 Å². The van der Waals surface area contributed by atoms with Gasteiger partial charge >= 0.3 is 5.97 Å². The Morgan fingerprint density at radius 1 is 1.41 bits per heavy atom. The maximum Gasteiger partial charge on any atom is 0.337 e. The van der Waals surface area contributed by atoms with Gasteiger partial charge in [-0.05, 0) is 12.1 Å². The number of aromatic nitrogens is 3. The molecule has 2 aliphatic heterocycles. The van der Waals surface area contributed by atoms with E-state index in [-0.39, 0.29) is 36.9 Å². The summed E-state index contributed by atoms with van der Waals surface area (Å²) in [5.74, 6) is -0.153. The van der Waals surface area contributed by atoms with Crippen molar-refractivity contribution in [1.82, 2.24) is 19.7 Å². The molecule has 29 heavy (non-hydrogen) atoms. The quantitative estimate of drug-likeness (QED) is 0.676. The number of benzene rings is 1. The average molecular weight is 415 g/mol. The van der Waals surface area contributed by atoms with Crippen LogP contribution in [0.4, 0.5) is 5.69 Å². The molecule has 0 saturated carbocycles. The molecule has 1 atom stereocenters. The average Bonchev–Trinajstić information content (AvgIpc) is 3.36. The number of thioether (sulfide) groups is 1. The lowest BCUT2D eigenvalue weighted by Gasteiger charge is -2.15. The molecule has 2 N–H and O–H groups in total. The number of nitrogens with zero attached hydrogens (tertiary/aromatic N) is 4. The first-order valence-corrected chi connectivity index (χ1v) is 10.1. The highest BCUT2D eigenvalue weighted by Crippen LogP contribution is 2.34. The third kappa shape index (κ3) is 3.60. The Kier molecular flexibility index (Phi) is 5.29. The first-order valence-electron chi connectivity index (χ1n) is 9.20. The van der Waals surface area contributed by atoms with Crippen LogP contribution in [0.25, 0.3) is 11.4 Å². The Balaban J connectivity index is 1.63. The second-order valence-corrected chi connectivity index (χ2v) is 8.25. The molecule has 0 radical (unpaired) electrons. The zero-order chi connectivity index (χ0) is 20.5. The molecule has 1 amide bonds. The van der Waals surface area contributed by atoms with Gasteiger partial charge in [-0.1, -0.05) is 30.8 Å². The van der Waals surface area contributed by atoms with Gasteiger partial charge in [-0.25, -0.2) is 4.79 Å². The van der Waals surface area contributed by atoms with Crippen molar-refractivity contribution in [2.45, 2.75) is 23.9 Å². The van der Waals surface area contributed by atoms with Crippen LogP contribution in [0.3, 0.4) is 0 Å². The molecule has 0 aliphatic carbocycles. The predicted molar refractivity (Wildman–Crippen MR) is 107 cm³/mol. The van der Waals surface area contributed by atoms with Gasteiger partial charge in [0.05, 0.1) is 25.8 Å². The number of carbonyl (C=O) groups excluding carboxylic acids is 2. The highest BCUT2D eigenvalue weighted by Gasteiger charge is 2.34. The summed E-state index contributed by atoms with van der Waals surface area (Å²) in [5, 5.41) is 22.1. The number of amides is 1. The van der Waals surface area contributed by atoms with E-state index < -0.39 is 5.97 Å². The molecule has 2 aliphatic rings. The van der Waals surface area contributed by atoms with Gasteiger partial charge in [-0.2, -0.15) is 0 Å². The van der Waals surface area contributed by atoms with Gasteiger partial charge in [0.15, 0.2) is 11.0 Å². The molecular weight excluding hydrogens is 394 g/mol. The fraction of sp³-hybridized carbons (Fsp3) is 0.368. The summed E-state index contributed by atoms with van der Waals surface area (Å²) in [6, 6.07) is 7.47. The highest BCUT2D eigenvalue weighted by atomic mass is 32.2. The van der Waals surface area contributed by atoms with Crippen molar-refractivity contribution in [2.75, 3.05) is 32.1 Å². The molecule has 3 heterocycles.